The van der Waals surface area contributed by atoms with E-state index in [2.05, 4.69) is 15.8 Å². The van der Waals surface area contributed by atoms with Gasteiger partial charge in [0.2, 0.25) is 0 Å². The van der Waals surface area contributed by atoms with E-state index in [0.717, 1.165) is 0 Å². The fourth-order valence-electron chi connectivity index (χ4n) is 0.198. The monoisotopic (exact) mass is 160 g/mol. The van der Waals surface area contributed by atoms with Gasteiger partial charge >= 0.3 is 7.03 Å². The summed E-state index contributed by atoms with van der Waals surface area (Å²) < 4.78 is 25.6. The molecule has 2 nitrogen and oxygen atoms in total. The van der Waals surface area contributed by atoms with E-state index in [0.29, 0.717) is 6.42 Å². The first kappa shape index (κ1) is 8.41. The Labute approximate surface area is 52.3 Å². The molecule has 50 valence electrons. The van der Waals surface area contributed by atoms with Crippen LogP contribution in [0.15, 0.2) is 0 Å². The lowest BCUT2D eigenvalue weighted by Crippen LogP contribution is -1.81. The third kappa shape index (κ3) is 6.41. The molecule has 0 aromatic rings. The molecular formula is C3H7ClFO2P. The van der Waals surface area contributed by atoms with Crippen molar-refractivity contribution in [2.24, 2.45) is 0 Å². The summed E-state index contributed by atoms with van der Waals surface area (Å²) in [6.07, 6.45) is 0.612. The zero-order valence-electron chi connectivity index (χ0n) is 4.43. The van der Waals surface area contributed by atoms with Gasteiger partial charge in [0.1, 0.15) is 0 Å². The van der Waals surface area contributed by atoms with Gasteiger partial charge in [-0.3, -0.25) is 4.52 Å². The molecular weight excluding hydrogens is 153 g/mol. The molecule has 0 bridgehead atoms. The van der Waals surface area contributed by atoms with Crippen molar-refractivity contribution in [3.05, 3.63) is 0 Å². The Morgan fingerprint density at radius 3 is 2.50 bits per heavy atom. The van der Waals surface area contributed by atoms with Crippen molar-refractivity contribution in [1.82, 2.24) is 0 Å². The van der Waals surface area contributed by atoms with Crippen LogP contribution >= 0.6 is 18.3 Å². The molecule has 0 aromatic carbocycles. The van der Waals surface area contributed by atoms with Crippen LogP contribution in [0.4, 0.5) is 4.20 Å². The first-order valence-corrected chi connectivity index (χ1v) is 4.62. The van der Waals surface area contributed by atoms with Gasteiger partial charge in [-0.2, -0.15) is 0 Å². The molecule has 0 saturated carbocycles. The summed E-state index contributed by atoms with van der Waals surface area (Å²) in [4.78, 5) is 0. The van der Waals surface area contributed by atoms with E-state index in [4.69, 9.17) is 0 Å². The van der Waals surface area contributed by atoms with Crippen molar-refractivity contribution >= 4 is 18.3 Å². The topological polar surface area (TPSA) is 26.3 Å². The van der Waals surface area contributed by atoms with Crippen LogP contribution in [-0.2, 0) is 9.09 Å². The lowest BCUT2D eigenvalue weighted by Gasteiger charge is -1.97. The average molecular weight is 161 g/mol. The lowest BCUT2D eigenvalue weighted by atomic mass is 10.5. The van der Waals surface area contributed by atoms with Gasteiger partial charge in [-0.15, -0.1) is 4.20 Å². The van der Waals surface area contributed by atoms with Crippen molar-refractivity contribution in [2.45, 2.75) is 13.3 Å². The van der Waals surface area contributed by atoms with Crippen molar-refractivity contribution < 1.29 is 13.3 Å². The lowest BCUT2D eigenvalue weighted by molar-refractivity contribution is 0.300. The largest absolute Gasteiger partial charge is 0.461 e. The van der Waals surface area contributed by atoms with E-state index in [1.54, 1.807) is 6.92 Å². The van der Waals surface area contributed by atoms with E-state index in [-0.39, 0.29) is 6.61 Å². The Hall–Kier alpha value is 0.410. The summed E-state index contributed by atoms with van der Waals surface area (Å²) in [5.74, 6) is 0. The highest BCUT2D eigenvalue weighted by molar-refractivity contribution is 7.81. The summed E-state index contributed by atoms with van der Waals surface area (Å²) in [6, 6.07) is 0. The molecule has 0 N–H and O–H groups in total. The van der Waals surface area contributed by atoms with Gasteiger partial charge in [-0.05, 0) is 6.42 Å². The van der Waals surface area contributed by atoms with Gasteiger partial charge in [0.05, 0.1) is 6.61 Å². The molecule has 8 heavy (non-hydrogen) atoms. The van der Waals surface area contributed by atoms with E-state index in [1.165, 1.54) is 0 Å². The van der Waals surface area contributed by atoms with Crippen molar-refractivity contribution in [1.29, 1.82) is 0 Å². The fourth-order valence-corrected chi connectivity index (χ4v) is 0.800. The maximum Gasteiger partial charge on any atom is 0.461 e. The van der Waals surface area contributed by atoms with E-state index < -0.39 is 7.03 Å². The molecule has 0 aliphatic rings. The second-order valence-corrected chi connectivity index (χ2v) is 3.55. The van der Waals surface area contributed by atoms with E-state index in [1.807, 2.05) is 0 Å². The number of hydrogen-bond acceptors (Lipinski definition) is 2. The Kier molecular flexibility index (Phi) is 3.61. The SMILES string of the molecule is CCCOP(=O)(F)Cl. The maximum absolute atomic E-state index is 11.7. The molecule has 1 unspecified atom stereocenters. The van der Waals surface area contributed by atoms with Crippen LogP contribution in [0.5, 0.6) is 0 Å². The van der Waals surface area contributed by atoms with Crippen molar-refractivity contribution in [3.63, 3.8) is 0 Å². The second kappa shape index (κ2) is 3.44. The summed E-state index contributed by atoms with van der Waals surface area (Å²) >= 11 is 4.58. The molecule has 5 heteroatoms. The molecule has 1 atom stereocenters. The van der Waals surface area contributed by atoms with Crippen LogP contribution in [0.25, 0.3) is 0 Å². The Morgan fingerprint density at radius 2 is 2.38 bits per heavy atom. The van der Waals surface area contributed by atoms with Crippen LogP contribution in [0.3, 0.4) is 0 Å². The number of hydrogen-bond donors (Lipinski definition) is 0. The molecule has 0 spiro atoms. The second-order valence-electron chi connectivity index (χ2n) is 1.25. The molecule has 0 radical (unpaired) electrons. The van der Waals surface area contributed by atoms with E-state index in [9.17, 15) is 8.76 Å². The molecule has 0 rings (SSSR count). The summed E-state index contributed by atoms with van der Waals surface area (Å²) in [6.45, 7) is 1.88. The van der Waals surface area contributed by atoms with Crippen molar-refractivity contribution in [3.8, 4) is 0 Å². The molecule has 0 heterocycles. The summed E-state index contributed by atoms with van der Waals surface area (Å²) in [5, 5.41) is 0. The van der Waals surface area contributed by atoms with Gasteiger partial charge in [0, 0.05) is 11.2 Å². The molecule has 0 aliphatic heterocycles. The molecule has 0 fully saturated rings. The first-order chi connectivity index (χ1) is 3.56. The summed E-state index contributed by atoms with van der Waals surface area (Å²) in [5.41, 5.74) is 0. The maximum atomic E-state index is 11.7. The van der Waals surface area contributed by atoms with Gasteiger partial charge in [-0.25, -0.2) is 4.57 Å². The standard InChI is InChI=1S/C3H7ClFO2P/c1-2-3-7-8(4,5)6/h2-3H2,1H3. The summed E-state index contributed by atoms with van der Waals surface area (Å²) in [7, 11) is -4.21. The zero-order chi connectivity index (χ0) is 6.62. The third-order valence-corrected chi connectivity index (χ3v) is 1.22. The van der Waals surface area contributed by atoms with Crippen LogP contribution in [-0.4, -0.2) is 6.61 Å². The van der Waals surface area contributed by atoms with Gasteiger partial charge in [0.15, 0.2) is 0 Å². The Bertz CT molecular complexity index is 101. The minimum absolute atomic E-state index is 0.108. The third-order valence-electron chi connectivity index (χ3n) is 0.446. The quantitative estimate of drug-likeness (QED) is 0.594. The number of rotatable bonds is 3. The highest BCUT2D eigenvalue weighted by atomic mass is 35.7. The van der Waals surface area contributed by atoms with Crippen LogP contribution in [0, 0.1) is 0 Å². The normalized spacial score (nSPS) is 17.9. The molecule has 0 aromatic heterocycles. The van der Waals surface area contributed by atoms with Gasteiger partial charge in [0.25, 0.3) is 0 Å². The fraction of sp³-hybridized carbons (Fsp3) is 1.00. The molecule has 0 aliphatic carbocycles. The van der Waals surface area contributed by atoms with E-state index >= 15 is 0 Å². The van der Waals surface area contributed by atoms with Crippen LogP contribution < -0.4 is 0 Å². The van der Waals surface area contributed by atoms with Gasteiger partial charge in [-0.1, -0.05) is 6.92 Å². The smallest absolute Gasteiger partial charge is 0.294 e. The predicted octanol–water partition coefficient (Wildman–Crippen LogP) is 2.73. The molecule has 0 saturated heterocycles. The average Bonchev–Trinajstić information content (AvgIpc) is 1.59. The zero-order valence-corrected chi connectivity index (χ0v) is 6.08. The van der Waals surface area contributed by atoms with Gasteiger partial charge < -0.3 is 0 Å². The minimum atomic E-state index is -4.21. The highest BCUT2D eigenvalue weighted by Crippen LogP contribution is 2.53. The Morgan fingerprint density at radius 1 is 1.88 bits per heavy atom. The highest BCUT2D eigenvalue weighted by Gasteiger charge is 2.14. The minimum Gasteiger partial charge on any atom is -0.294 e. The number of halogens is 2. The van der Waals surface area contributed by atoms with Crippen LogP contribution in [0.2, 0.25) is 0 Å². The van der Waals surface area contributed by atoms with Crippen molar-refractivity contribution in [2.75, 3.05) is 6.61 Å². The first-order valence-electron chi connectivity index (χ1n) is 2.20. The predicted molar refractivity (Wildman–Crippen MR) is 30.8 cm³/mol. The molecule has 0 amide bonds. The van der Waals surface area contributed by atoms with Crippen LogP contribution in [0.1, 0.15) is 13.3 Å². The Balaban J connectivity index is 3.26.